The van der Waals surface area contributed by atoms with Crippen LogP contribution in [0, 0.1) is 0 Å². The molecule has 0 aliphatic carbocycles. The number of nitrogens with one attached hydrogen (secondary N) is 2. The van der Waals surface area contributed by atoms with E-state index in [1.807, 2.05) is 6.07 Å². The number of benzene rings is 1. The molecule has 1 amide bonds. The second-order valence-corrected chi connectivity index (χ2v) is 5.87. The van der Waals surface area contributed by atoms with E-state index in [1.54, 1.807) is 0 Å². The molecule has 0 radical (unpaired) electrons. The number of H-pyrrole nitrogens is 1. The molecule has 3 rings (SSSR count). The lowest BCUT2D eigenvalue weighted by Gasteiger charge is -2.15. The van der Waals surface area contributed by atoms with Gasteiger partial charge < -0.3 is 11.1 Å². The Bertz CT molecular complexity index is 641. The zero-order chi connectivity index (χ0) is 16.1. The average molecular weight is 314 g/mol. The van der Waals surface area contributed by atoms with Crippen molar-refractivity contribution in [1.82, 2.24) is 25.4 Å². The molecule has 0 saturated carbocycles. The van der Waals surface area contributed by atoms with Gasteiger partial charge in [-0.3, -0.25) is 14.8 Å². The number of nitrogens with zero attached hydrogens (tertiary/aromatic N) is 3. The highest BCUT2D eigenvalue weighted by Crippen LogP contribution is 2.26. The summed E-state index contributed by atoms with van der Waals surface area (Å²) in [5, 5.41) is 9.40. The van der Waals surface area contributed by atoms with Gasteiger partial charge in [0.2, 0.25) is 11.9 Å². The molecule has 122 valence electrons. The van der Waals surface area contributed by atoms with Gasteiger partial charge in [-0.25, -0.2) is 0 Å². The number of likely N-dealkylation sites (tertiary alicyclic amines) is 1. The smallest absolute Gasteiger partial charge is 0.239 e. The Morgan fingerprint density at radius 3 is 2.96 bits per heavy atom. The third-order valence-corrected chi connectivity index (χ3v) is 4.14. The Labute approximate surface area is 135 Å². The van der Waals surface area contributed by atoms with Crippen LogP contribution in [0.15, 0.2) is 30.3 Å². The highest BCUT2D eigenvalue weighted by Gasteiger charge is 2.24. The molecule has 0 unspecified atom stereocenters. The molecule has 0 spiro atoms. The van der Waals surface area contributed by atoms with Crippen molar-refractivity contribution in [3.63, 3.8) is 0 Å². The van der Waals surface area contributed by atoms with E-state index in [1.165, 1.54) is 5.56 Å². The van der Waals surface area contributed by atoms with Gasteiger partial charge in [-0.2, -0.15) is 4.98 Å². The van der Waals surface area contributed by atoms with Gasteiger partial charge in [0.15, 0.2) is 0 Å². The first kappa shape index (κ1) is 15.5. The van der Waals surface area contributed by atoms with Crippen molar-refractivity contribution in [3.05, 3.63) is 41.7 Å². The van der Waals surface area contributed by atoms with E-state index in [0.29, 0.717) is 31.3 Å². The van der Waals surface area contributed by atoms with Crippen LogP contribution in [0.1, 0.15) is 23.7 Å². The van der Waals surface area contributed by atoms with Crippen LogP contribution in [0.25, 0.3) is 0 Å². The quantitative estimate of drug-likeness (QED) is 0.722. The second kappa shape index (κ2) is 7.23. The van der Waals surface area contributed by atoms with E-state index < -0.39 is 0 Å². The van der Waals surface area contributed by atoms with Crippen molar-refractivity contribution >= 4 is 11.9 Å². The number of carbonyl (C=O) groups is 1. The van der Waals surface area contributed by atoms with Crippen molar-refractivity contribution < 1.29 is 4.79 Å². The Morgan fingerprint density at radius 1 is 1.39 bits per heavy atom. The molecule has 1 aromatic heterocycles. The molecule has 1 aliphatic heterocycles. The average Bonchev–Trinajstić information content (AvgIpc) is 3.17. The van der Waals surface area contributed by atoms with Gasteiger partial charge in [-0.1, -0.05) is 30.3 Å². The van der Waals surface area contributed by atoms with Gasteiger partial charge in [0.25, 0.3) is 0 Å². The summed E-state index contributed by atoms with van der Waals surface area (Å²) < 4.78 is 0. The standard InChI is InChI=1S/C16H22N6O/c17-16-19-14(20-21-16)6-8-18-15(23)11-22-9-7-13(10-22)12-4-2-1-3-5-12/h1-5,13H,6-11H2,(H,18,23)(H3,17,19,20,21)/t13-/m0/s1. The van der Waals surface area contributed by atoms with Crippen molar-refractivity contribution in [2.45, 2.75) is 18.8 Å². The Kier molecular flexibility index (Phi) is 4.87. The predicted molar refractivity (Wildman–Crippen MR) is 87.7 cm³/mol. The minimum atomic E-state index is 0.0474. The number of nitrogens with two attached hydrogens (primary N) is 1. The predicted octanol–water partition coefficient (Wildman–Crippen LogP) is 0.535. The summed E-state index contributed by atoms with van der Waals surface area (Å²) >= 11 is 0. The molecule has 1 saturated heterocycles. The molecule has 1 atom stereocenters. The van der Waals surface area contributed by atoms with Gasteiger partial charge in [0.05, 0.1) is 6.54 Å². The number of rotatable bonds is 6. The molecular formula is C16H22N6O. The summed E-state index contributed by atoms with van der Waals surface area (Å²) in [5.74, 6) is 1.50. The van der Waals surface area contributed by atoms with Gasteiger partial charge in [-0.15, -0.1) is 5.10 Å². The first-order valence-electron chi connectivity index (χ1n) is 7.91. The van der Waals surface area contributed by atoms with Crippen LogP contribution in [0.5, 0.6) is 0 Å². The first-order chi connectivity index (χ1) is 11.2. The Balaban J connectivity index is 1.39. The number of aromatic nitrogens is 3. The summed E-state index contributed by atoms with van der Waals surface area (Å²) in [6.45, 7) is 2.88. The van der Waals surface area contributed by atoms with Crippen LogP contribution in [-0.2, 0) is 11.2 Å². The third-order valence-electron chi connectivity index (χ3n) is 4.14. The zero-order valence-corrected chi connectivity index (χ0v) is 13.0. The van der Waals surface area contributed by atoms with Gasteiger partial charge in [0, 0.05) is 19.5 Å². The maximum atomic E-state index is 12.0. The number of anilines is 1. The number of carbonyl (C=O) groups excluding carboxylic acids is 1. The largest absolute Gasteiger partial charge is 0.367 e. The summed E-state index contributed by atoms with van der Waals surface area (Å²) in [6, 6.07) is 10.5. The lowest BCUT2D eigenvalue weighted by molar-refractivity contribution is -0.122. The number of hydrogen-bond acceptors (Lipinski definition) is 5. The second-order valence-electron chi connectivity index (χ2n) is 5.87. The molecule has 23 heavy (non-hydrogen) atoms. The van der Waals surface area contributed by atoms with Crippen molar-refractivity contribution in [1.29, 1.82) is 0 Å². The fourth-order valence-electron chi connectivity index (χ4n) is 2.97. The van der Waals surface area contributed by atoms with E-state index in [9.17, 15) is 4.79 Å². The Hall–Kier alpha value is -2.41. The molecule has 7 nitrogen and oxygen atoms in total. The van der Waals surface area contributed by atoms with Crippen LogP contribution >= 0.6 is 0 Å². The van der Waals surface area contributed by atoms with Crippen LogP contribution < -0.4 is 11.1 Å². The Morgan fingerprint density at radius 2 is 2.22 bits per heavy atom. The lowest BCUT2D eigenvalue weighted by Crippen LogP contribution is -2.37. The van der Waals surface area contributed by atoms with Crippen LogP contribution in [0.2, 0.25) is 0 Å². The summed E-state index contributed by atoms with van der Waals surface area (Å²) in [5.41, 5.74) is 6.79. The molecule has 0 bridgehead atoms. The minimum absolute atomic E-state index is 0.0474. The van der Waals surface area contributed by atoms with Crippen molar-refractivity contribution in [3.8, 4) is 0 Å². The fourth-order valence-corrected chi connectivity index (χ4v) is 2.97. The summed E-state index contributed by atoms with van der Waals surface area (Å²) in [7, 11) is 0. The fraction of sp³-hybridized carbons (Fsp3) is 0.438. The molecule has 2 heterocycles. The molecule has 1 fully saturated rings. The summed E-state index contributed by atoms with van der Waals surface area (Å²) in [6.07, 6.45) is 1.71. The first-order valence-corrected chi connectivity index (χ1v) is 7.91. The minimum Gasteiger partial charge on any atom is -0.367 e. The van der Waals surface area contributed by atoms with E-state index >= 15 is 0 Å². The third kappa shape index (κ3) is 4.29. The number of amides is 1. The SMILES string of the molecule is Nc1n[nH]c(CCNC(=O)CN2CC[C@H](c3ccccc3)C2)n1. The van der Waals surface area contributed by atoms with E-state index in [2.05, 4.69) is 49.7 Å². The van der Waals surface area contributed by atoms with Gasteiger partial charge >= 0.3 is 0 Å². The maximum Gasteiger partial charge on any atom is 0.239 e. The highest BCUT2D eigenvalue weighted by atomic mass is 16.2. The number of aromatic amines is 1. The molecule has 7 heteroatoms. The lowest BCUT2D eigenvalue weighted by atomic mass is 9.99. The van der Waals surface area contributed by atoms with Gasteiger partial charge in [-0.05, 0) is 24.4 Å². The number of nitrogen functional groups attached to an aromatic ring is 1. The normalized spacial score (nSPS) is 18.2. The molecule has 1 aliphatic rings. The zero-order valence-electron chi connectivity index (χ0n) is 13.0. The van der Waals surface area contributed by atoms with E-state index in [-0.39, 0.29) is 11.9 Å². The summed E-state index contributed by atoms with van der Waals surface area (Å²) in [4.78, 5) is 18.2. The molecule has 2 aromatic rings. The maximum absolute atomic E-state index is 12.0. The van der Waals surface area contributed by atoms with Crippen molar-refractivity contribution in [2.75, 3.05) is 31.9 Å². The van der Waals surface area contributed by atoms with Crippen molar-refractivity contribution in [2.24, 2.45) is 0 Å². The van der Waals surface area contributed by atoms with Crippen LogP contribution in [0.4, 0.5) is 5.95 Å². The monoisotopic (exact) mass is 314 g/mol. The van der Waals surface area contributed by atoms with E-state index in [0.717, 1.165) is 19.5 Å². The van der Waals surface area contributed by atoms with Crippen LogP contribution in [0.3, 0.4) is 0 Å². The van der Waals surface area contributed by atoms with E-state index in [4.69, 9.17) is 5.73 Å². The van der Waals surface area contributed by atoms with Gasteiger partial charge in [0.1, 0.15) is 5.82 Å². The molecule has 4 N–H and O–H groups in total. The molecule has 1 aromatic carbocycles. The molecular weight excluding hydrogens is 292 g/mol. The number of hydrogen-bond donors (Lipinski definition) is 3. The highest BCUT2D eigenvalue weighted by molar-refractivity contribution is 5.78. The topological polar surface area (TPSA) is 99.9 Å². The van der Waals surface area contributed by atoms with Crippen LogP contribution in [-0.4, -0.2) is 52.2 Å².